The Labute approximate surface area is 223 Å². The summed E-state index contributed by atoms with van der Waals surface area (Å²) in [5, 5.41) is 0.225. The smallest absolute Gasteiger partial charge is 0.491 e. The molecule has 0 saturated heterocycles. The molecule has 0 aromatic heterocycles. The van der Waals surface area contributed by atoms with Gasteiger partial charge in [-0.15, -0.1) is 24.9 Å². The summed E-state index contributed by atoms with van der Waals surface area (Å²) in [6.07, 6.45) is -0.570. The Morgan fingerprint density at radius 2 is 1.78 bits per heavy atom. The number of halogens is 4. The summed E-state index contributed by atoms with van der Waals surface area (Å²) < 4.78 is 49.1. The van der Waals surface area contributed by atoms with Crippen LogP contribution in [0.4, 0.5) is 18.9 Å². The topological polar surface area (TPSA) is 64.8 Å². The van der Waals surface area contributed by atoms with E-state index in [4.69, 9.17) is 22.1 Å². The van der Waals surface area contributed by atoms with Crippen molar-refractivity contribution in [1.82, 2.24) is 0 Å². The molecular formula is C27H28ClF3N2O3S. The summed E-state index contributed by atoms with van der Waals surface area (Å²) in [5.74, 6) is -0.399. The number of allylic oxidation sites excluding steroid dienone is 1. The van der Waals surface area contributed by atoms with Crippen LogP contribution in [0.15, 0.2) is 59.2 Å². The maximum absolute atomic E-state index is 13.0. The fraction of sp³-hybridized carbons (Fsp3) is 0.370. The van der Waals surface area contributed by atoms with E-state index in [1.54, 1.807) is 26.0 Å². The monoisotopic (exact) mass is 552 g/mol. The van der Waals surface area contributed by atoms with Crippen molar-refractivity contribution >= 4 is 35.0 Å². The molecule has 198 valence electrons. The van der Waals surface area contributed by atoms with Crippen LogP contribution in [0.2, 0.25) is 5.02 Å². The van der Waals surface area contributed by atoms with Crippen molar-refractivity contribution in [3.63, 3.8) is 0 Å². The van der Waals surface area contributed by atoms with Crippen LogP contribution in [-0.2, 0) is 10.2 Å². The van der Waals surface area contributed by atoms with E-state index in [-0.39, 0.29) is 28.8 Å². The molecule has 2 N–H and O–H groups in total. The van der Waals surface area contributed by atoms with Crippen molar-refractivity contribution in [3.05, 3.63) is 75.3 Å². The number of thioether (sulfide) groups is 1. The standard InChI is InChI=1S/C27H28ClF3N2O3S/c1-15(2)35-21-10-18(11-22(13-21)36-27(29,30)31)26(3,4)17-8-19(28)12-20(9-17)33-6-5-23-16(14-33)7-24(37-23)25(32)34/h5-6,8-13,15,24H,7,14H2,1-4H3,(H2,32,34). The van der Waals surface area contributed by atoms with E-state index in [2.05, 4.69) is 4.74 Å². The number of benzene rings is 2. The first-order valence-corrected chi connectivity index (χ1v) is 13.0. The zero-order valence-corrected chi connectivity index (χ0v) is 22.4. The van der Waals surface area contributed by atoms with Crippen LogP contribution < -0.4 is 20.1 Å². The third-order valence-electron chi connectivity index (χ3n) is 6.28. The van der Waals surface area contributed by atoms with Gasteiger partial charge in [0.25, 0.3) is 0 Å². The van der Waals surface area contributed by atoms with Crippen LogP contribution in [-0.4, -0.2) is 30.2 Å². The van der Waals surface area contributed by atoms with E-state index in [9.17, 15) is 18.0 Å². The Hall–Kier alpha value is -2.78. The SMILES string of the molecule is CC(C)Oc1cc(OC(F)(F)F)cc(C(C)(C)c2cc(Cl)cc(N3C=CC4=C(CC(C(N)=O)S4)C3)c2)c1. The molecule has 10 heteroatoms. The number of hydrogen-bond acceptors (Lipinski definition) is 5. The summed E-state index contributed by atoms with van der Waals surface area (Å²) in [4.78, 5) is 14.7. The van der Waals surface area contributed by atoms with E-state index < -0.39 is 11.8 Å². The molecule has 0 spiro atoms. The maximum atomic E-state index is 13.0. The van der Waals surface area contributed by atoms with Gasteiger partial charge in [-0.1, -0.05) is 25.4 Å². The number of alkyl halides is 3. The summed E-state index contributed by atoms with van der Waals surface area (Å²) >= 11 is 8.01. The highest BCUT2D eigenvalue weighted by atomic mass is 35.5. The lowest BCUT2D eigenvalue weighted by Gasteiger charge is -2.30. The van der Waals surface area contributed by atoms with Gasteiger partial charge in [0.15, 0.2) is 0 Å². The highest BCUT2D eigenvalue weighted by Gasteiger charge is 2.34. The first-order chi connectivity index (χ1) is 17.2. The van der Waals surface area contributed by atoms with Gasteiger partial charge in [0, 0.05) is 39.8 Å². The van der Waals surface area contributed by atoms with Gasteiger partial charge in [-0.05, 0) is 73.4 Å². The molecule has 0 bridgehead atoms. The zero-order chi connectivity index (χ0) is 27.1. The van der Waals surface area contributed by atoms with Crippen molar-refractivity contribution in [2.75, 3.05) is 11.4 Å². The number of carbonyl (C=O) groups is 1. The molecule has 4 rings (SSSR count). The van der Waals surface area contributed by atoms with Gasteiger partial charge in [0.1, 0.15) is 11.5 Å². The largest absolute Gasteiger partial charge is 0.573 e. The minimum Gasteiger partial charge on any atom is -0.491 e. The van der Waals surface area contributed by atoms with Gasteiger partial charge in [-0.2, -0.15) is 0 Å². The summed E-state index contributed by atoms with van der Waals surface area (Å²) in [5.41, 5.74) is 8.09. The van der Waals surface area contributed by atoms with Crippen LogP contribution in [0.25, 0.3) is 0 Å². The molecule has 1 unspecified atom stereocenters. The number of hydrogen-bond donors (Lipinski definition) is 1. The van der Waals surface area contributed by atoms with Crippen molar-refractivity contribution in [2.45, 2.75) is 57.2 Å². The second-order valence-corrected chi connectivity index (χ2v) is 11.5. The van der Waals surface area contributed by atoms with Gasteiger partial charge in [-0.25, -0.2) is 0 Å². The van der Waals surface area contributed by atoms with Gasteiger partial charge in [-0.3, -0.25) is 4.79 Å². The number of primary amides is 1. The summed E-state index contributed by atoms with van der Waals surface area (Å²) in [6.45, 7) is 8.00. The molecule has 2 aliphatic heterocycles. The number of carbonyl (C=O) groups excluding carboxylic acids is 1. The Morgan fingerprint density at radius 1 is 1.11 bits per heavy atom. The van der Waals surface area contributed by atoms with E-state index in [0.29, 0.717) is 23.6 Å². The van der Waals surface area contributed by atoms with Gasteiger partial charge in [0.2, 0.25) is 5.91 Å². The highest BCUT2D eigenvalue weighted by molar-refractivity contribution is 8.04. The summed E-state index contributed by atoms with van der Waals surface area (Å²) in [7, 11) is 0. The van der Waals surface area contributed by atoms with Crippen LogP contribution in [0.5, 0.6) is 11.5 Å². The average molecular weight is 553 g/mol. The lowest BCUT2D eigenvalue weighted by molar-refractivity contribution is -0.274. The molecule has 0 saturated carbocycles. The number of rotatable bonds is 7. The van der Waals surface area contributed by atoms with Crippen LogP contribution in [0.3, 0.4) is 0 Å². The third-order valence-corrected chi connectivity index (χ3v) is 7.86. The molecule has 0 aliphatic carbocycles. The maximum Gasteiger partial charge on any atom is 0.573 e. The fourth-order valence-electron chi connectivity index (χ4n) is 4.39. The van der Waals surface area contributed by atoms with Crippen LogP contribution >= 0.6 is 23.4 Å². The normalized spacial score (nSPS) is 17.9. The molecule has 2 heterocycles. The molecular weight excluding hydrogens is 525 g/mol. The van der Waals surface area contributed by atoms with E-state index in [1.807, 2.05) is 43.2 Å². The first kappa shape index (κ1) is 27.3. The highest BCUT2D eigenvalue weighted by Crippen LogP contribution is 2.43. The molecule has 1 atom stereocenters. The van der Waals surface area contributed by atoms with Crippen LogP contribution in [0.1, 0.15) is 45.2 Å². The van der Waals surface area contributed by atoms with Crippen molar-refractivity contribution in [3.8, 4) is 11.5 Å². The zero-order valence-electron chi connectivity index (χ0n) is 20.9. The number of amides is 1. The lowest BCUT2D eigenvalue weighted by atomic mass is 9.77. The Balaban J connectivity index is 1.67. The predicted octanol–water partition coefficient (Wildman–Crippen LogP) is 6.93. The summed E-state index contributed by atoms with van der Waals surface area (Å²) in [6, 6.07) is 9.94. The molecule has 2 aromatic carbocycles. The quantitative estimate of drug-likeness (QED) is 0.403. The number of nitrogens with two attached hydrogens (primary N) is 1. The second-order valence-electron chi connectivity index (χ2n) is 9.86. The number of ether oxygens (including phenoxy) is 2. The van der Waals surface area contributed by atoms with Gasteiger partial charge < -0.3 is 20.1 Å². The van der Waals surface area contributed by atoms with Crippen molar-refractivity contribution in [2.24, 2.45) is 5.73 Å². The van der Waals surface area contributed by atoms with E-state index >= 15 is 0 Å². The van der Waals surface area contributed by atoms with Crippen LogP contribution in [0, 0.1) is 0 Å². The van der Waals surface area contributed by atoms with Gasteiger partial charge in [0.05, 0.1) is 11.4 Å². The molecule has 0 fully saturated rings. The predicted molar refractivity (Wildman–Crippen MR) is 141 cm³/mol. The van der Waals surface area contributed by atoms with E-state index in [1.165, 1.54) is 23.9 Å². The molecule has 0 radical (unpaired) electrons. The molecule has 37 heavy (non-hydrogen) atoms. The van der Waals surface area contributed by atoms with Crippen molar-refractivity contribution in [1.29, 1.82) is 0 Å². The Morgan fingerprint density at radius 3 is 2.43 bits per heavy atom. The van der Waals surface area contributed by atoms with Gasteiger partial charge >= 0.3 is 6.36 Å². The average Bonchev–Trinajstić information content (AvgIpc) is 3.21. The first-order valence-electron chi connectivity index (χ1n) is 11.7. The Bertz CT molecular complexity index is 1270. The fourth-order valence-corrected chi connectivity index (χ4v) is 5.78. The lowest BCUT2D eigenvalue weighted by Crippen LogP contribution is -2.26. The minimum atomic E-state index is -4.83. The third kappa shape index (κ3) is 6.38. The molecule has 1 amide bonds. The Kier molecular flexibility index (Phi) is 7.50. The number of nitrogens with zero attached hydrogens (tertiary/aromatic N) is 1. The van der Waals surface area contributed by atoms with Crippen molar-refractivity contribution < 1.29 is 27.4 Å². The minimum absolute atomic E-state index is 0.233. The molecule has 2 aliphatic rings. The molecule has 2 aromatic rings. The second kappa shape index (κ2) is 10.2. The number of anilines is 1. The molecule has 5 nitrogen and oxygen atoms in total. The van der Waals surface area contributed by atoms with E-state index in [0.717, 1.165) is 21.7 Å².